The third-order valence-corrected chi connectivity index (χ3v) is 5.08. The second-order valence-electron chi connectivity index (χ2n) is 6.94. The summed E-state index contributed by atoms with van der Waals surface area (Å²) in [5, 5.41) is 6.93. The molecule has 5 heteroatoms. The van der Waals surface area contributed by atoms with E-state index in [-0.39, 0.29) is 24.0 Å². The van der Waals surface area contributed by atoms with Crippen LogP contribution in [0.1, 0.15) is 51.4 Å². The minimum absolute atomic E-state index is 0. The van der Waals surface area contributed by atoms with Crippen molar-refractivity contribution >= 4 is 29.9 Å². The van der Waals surface area contributed by atoms with Crippen LogP contribution >= 0.6 is 24.0 Å². The number of unbranched alkanes of at least 4 members (excludes halogenated alkanes) is 1. The number of hydrogen-bond acceptors (Lipinski definition) is 2. The van der Waals surface area contributed by atoms with Gasteiger partial charge in [-0.25, -0.2) is 0 Å². The number of guanidine groups is 1. The van der Waals surface area contributed by atoms with E-state index < -0.39 is 0 Å². The number of likely N-dealkylation sites (tertiary alicyclic amines) is 1. The van der Waals surface area contributed by atoms with Gasteiger partial charge in [0, 0.05) is 26.7 Å². The van der Waals surface area contributed by atoms with Crippen LogP contribution in [-0.2, 0) is 0 Å². The smallest absolute Gasteiger partial charge is 0.190 e. The highest BCUT2D eigenvalue weighted by atomic mass is 127. The zero-order valence-electron chi connectivity index (χ0n) is 14.4. The zero-order valence-corrected chi connectivity index (χ0v) is 16.8. The Hall–Kier alpha value is -0.0400. The van der Waals surface area contributed by atoms with E-state index in [1.54, 1.807) is 0 Å². The number of hydrogen-bond donors (Lipinski definition) is 2. The van der Waals surface area contributed by atoms with E-state index >= 15 is 0 Å². The molecule has 2 N–H and O–H groups in total. The molecule has 0 bridgehead atoms. The lowest BCUT2D eigenvalue weighted by Crippen LogP contribution is -2.40. The van der Waals surface area contributed by atoms with E-state index in [0.29, 0.717) is 0 Å². The SMILES string of the molecule is CN=C(NCCCCC1CCCC1)NCC1CCN(C)C1.I. The average molecular weight is 422 g/mol. The molecular weight excluding hydrogens is 387 g/mol. The normalized spacial score (nSPS) is 23.5. The third kappa shape index (κ3) is 7.49. The summed E-state index contributed by atoms with van der Waals surface area (Å²) in [4.78, 5) is 6.73. The summed E-state index contributed by atoms with van der Waals surface area (Å²) < 4.78 is 0. The van der Waals surface area contributed by atoms with Gasteiger partial charge in [-0.2, -0.15) is 0 Å². The first kappa shape index (κ1) is 20.0. The maximum atomic E-state index is 4.32. The summed E-state index contributed by atoms with van der Waals surface area (Å²) in [6.07, 6.45) is 11.3. The van der Waals surface area contributed by atoms with Gasteiger partial charge in [-0.3, -0.25) is 4.99 Å². The molecule has 1 aliphatic heterocycles. The predicted molar refractivity (Wildman–Crippen MR) is 106 cm³/mol. The molecule has 1 atom stereocenters. The van der Waals surface area contributed by atoms with Gasteiger partial charge in [-0.05, 0) is 38.3 Å². The molecule has 1 saturated heterocycles. The molecule has 1 unspecified atom stereocenters. The minimum atomic E-state index is 0. The standard InChI is InChI=1S/C17H34N4.HI/c1-18-17(20-13-16-10-12-21(2)14-16)19-11-6-5-9-15-7-3-4-8-15;/h15-16H,3-14H2,1-2H3,(H2,18,19,20);1H. The van der Waals surface area contributed by atoms with Gasteiger partial charge in [-0.1, -0.05) is 38.5 Å². The van der Waals surface area contributed by atoms with E-state index in [1.165, 1.54) is 64.5 Å². The Morgan fingerprint density at radius 2 is 1.86 bits per heavy atom. The topological polar surface area (TPSA) is 39.7 Å². The Labute approximate surface area is 153 Å². The van der Waals surface area contributed by atoms with Crippen molar-refractivity contribution < 1.29 is 0 Å². The lowest BCUT2D eigenvalue weighted by Gasteiger charge is -2.15. The van der Waals surface area contributed by atoms with Crippen molar-refractivity contribution in [3.05, 3.63) is 0 Å². The Bertz CT molecular complexity index is 316. The first-order chi connectivity index (χ1) is 10.3. The van der Waals surface area contributed by atoms with Gasteiger partial charge in [0.1, 0.15) is 0 Å². The Balaban J connectivity index is 0.00000242. The Morgan fingerprint density at radius 3 is 2.50 bits per heavy atom. The summed E-state index contributed by atoms with van der Waals surface area (Å²) in [6, 6.07) is 0. The molecule has 0 aromatic carbocycles. The van der Waals surface area contributed by atoms with Crippen LogP contribution in [0.4, 0.5) is 0 Å². The summed E-state index contributed by atoms with van der Waals surface area (Å²) in [5.74, 6) is 2.78. The van der Waals surface area contributed by atoms with Crippen molar-refractivity contribution in [2.75, 3.05) is 40.3 Å². The molecule has 0 aromatic rings. The monoisotopic (exact) mass is 422 g/mol. The van der Waals surface area contributed by atoms with Gasteiger partial charge in [0.15, 0.2) is 5.96 Å². The maximum absolute atomic E-state index is 4.32. The molecule has 2 fully saturated rings. The summed E-state index contributed by atoms with van der Waals surface area (Å²) in [6.45, 7) is 4.55. The third-order valence-electron chi connectivity index (χ3n) is 5.08. The number of nitrogens with zero attached hydrogens (tertiary/aromatic N) is 2. The highest BCUT2D eigenvalue weighted by Crippen LogP contribution is 2.28. The minimum Gasteiger partial charge on any atom is -0.356 e. The van der Waals surface area contributed by atoms with Crippen LogP contribution in [-0.4, -0.2) is 51.1 Å². The lowest BCUT2D eigenvalue weighted by atomic mass is 10.0. The van der Waals surface area contributed by atoms with Crippen LogP contribution < -0.4 is 10.6 Å². The van der Waals surface area contributed by atoms with Gasteiger partial charge >= 0.3 is 0 Å². The van der Waals surface area contributed by atoms with Gasteiger partial charge in [0.25, 0.3) is 0 Å². The van der Waals surface area contributed by atoms with Gasteiger partial charge < -0.3 is 15.5 Å². The van der Waals surface area contributed by atoms with Gasteiger partial charge in [0.05, 0.1) is 0 Å². The summed E-state index contributed by atoms with van der Waals surface area (Å²) in [7, 11) is 4.08. The van der Waals surface area contributed by atoms with Crippen LogP contribution in [0, 0.1) is 11.8 Å². The quantitative estimate of drug-likeness (QED) is 0.287. The fourth-order valence-electron chi connectivity index (χ4n) is 3.72. The van der Waals surface area contributed by atoms with Crippen LogP contribution in [0.3, 0.4) is 0 Å². The first-order valence-corrected chi connectivity index (χ1v) is 8.91. The molecule has 0 radical (unpaired) electrons. The lowest BCUT2D eigenvalue weighted by molar-refractivity contribution is 0.394. The van der Waals surface area contributed by atoms with E-state index in [2.05, 4.69) is 27.6 Å². The Kier molecular flexibility index (Phi) is 10.4. The van der Waals surface area contributed by atoms with Crippen molar-refractivity contribution in [3.63, 3.8) is 0 Å². The molecule has 4 nitrogen and oxygen atoms in total. The largest absolute Gasteiger partial charge is 0.356 e. The first-order valence-electron chi connectivity index (χ1n) is 8.91. The van der Waals surface area contributed by atoms with Gasteiger partial charge in [0.2, 0.25) is 0 Å². The van der Waals surface area contributed by atoms with Crippen molar-refractivity contribution in [2.24, 2.45) is 16.8 Å². The fraction of sp³-hybridized carbons (Fsp3) is 0.941. The molecule has 1 saturated carbocycles. The van der Waals surface area contributed by atoms with E-state index in [0.717, 1.165) is 30.9 Å². The summed E-state index contributed by atoms with van der Waals surface area (Å²) >= 11 is 0. The summed E-state index contributed by atoms with van der Waals surface area (Å²) in [5.41, 5.74) is 0. The molecule has 130 valence electrons. The average Bonchev–Trinajstić information content (AvgIpc) is 3.13. The van der Waals surface area contributed by atoms with Gasteiger partial charge in [-0.15, -0.1) is 24.0 Å². The van der Waals surface area contributed by atoms with E-state index in [9.17, 15) is 0 Å². The molecule has 0 spiro atoms. The predicted octanol–water partition coefficient (Wildman–Crippen LogP) is 3.08. The van der Waals surface area contributed by atoms with Crippen molar-refractivity contribution in [3.8, 4) is 0 Å². The maximum Gasteiger partial charge on any atom is 0.190 e. The molecule has 1 heterocycles. The van der Waals surface area contributed by atoms with Crippen molar-refractivity contribution in [1.29, 1.82) is 0 Å². The number of rotatable bonds is 7. The Morgan fingerprint density at radius 1 is 1.09 bits per heavy atom. The number of aliphatic imine (C=N–C) groups is 1. The highest BCUT2D eigenvalue weighted by Gasteiger charge is 2.19. The van der Waals surface area contributed by atoms with Crippen LogP contribution in [0.5, 0.6) is 0 Å². The van der Waals surface area contributed by atoms with Crippen LogP contribution in [0.25, 0.3) is 0 Å². The zero-order chi connectivity index (χ0) is 14.9. The van der Waals surface area contributed by atoms with E-state index in [1.807, 2.05) is 7.05 Å². The number of halogens is 1. The highest BCUT2D eigenvalue weighted by molar-refractivity contribution is 14.0. The number of nitrogens with one attached hydrogen (secondary N) is 2. The molecule has 22 heavy (non-hydrogen) atoms. The van der Waals surface area contributed by atoms with E-state index in [4.69, 9.17) is 0 Å². The van der Waals surface area contributed by atoms with Crippen LogP contribution in [0.2, 0.25) is 0 Å². The van der Waals surface area contributed by atoms with Crippen molar-refractivity contribution in [2.45, 2.75) is 51.4 Å². The van der Waals surface area contributed by atoms with Crippen molar-refractivity contribution in [1.82, 2.24) is 15.5 Å². The molecular formula is C17H35IN4. The second-order valence-corrected chi connectivity index (χ2v) is 6.94. The molecule has 2 aliphatic rings. The van der Waals surface area contributed by atoms with Crippen LogP contribution in [0.15, 0.2) is 4.99 Å². The molecule has 1 aliphatic carbocycles. The molecule has 0 amide bonds. The molecule has 0 aromatic heterocycles. The second kappa shape index (κ2) is 11.5. The molecule has 2 rings (SSSR count). The fourth-order valence-corrected chi connectivity index (χ4v) is 3.72.